The van der Waals surface area contributed by atoms with Crippen LogP contribution in [0.1, 0.15) is 31.3 Å². The van der Waals surface area contributed by atoms with E-state index in [2.05, 4.69) is 15.5 Å². The average Bonchev–Trinajstić information content (AvgIpc) is 2.99. The van der Waals surface area contributed by atoms with Gasteiger partial charge in [0.05, 0.1) is 12.6 Å². The van der Waals surface area contributed by atoms with E-state index in [-0.39, 0.29) is 24.4 Å². The lowest BCUT2D eigenvalue weighted by molar-refractivity contribution is 0.192. The third kappa shape index (κ3) is 3.41. The summed E-state index contributed by atoms with van der Waals surface area (Å²) in [5.74, 6) is 0.364. The van der Waals surface area contributed by atoms with Crippen molar-refractivity contribution in [2.75, 3.05) is 7.05 Å². The summed E-state index contributed by atoms with van der Waals surface area (Å²) in [4.78, 5) is 13.7. The van der Waals surface area contributed by atoms with Gasteiger partial charge in [-0.25, -0.2) is 9.18 Å². The van der Waals surface area contributed by atoms with E-state index in [9.17, 15) is 9.18 Å². The van der Waals surface area contributed by atoms with Gasteiger partial charge >= 0.3 is 6.03 Å². The Kier molecular flexibility index (Phi) is 5.08. The molecular formula is C15H20FN5O. The van der Waals surface area contributed by atoms with E-state index in [0.29, 0.717) is 11.4 Å². The lowest BCUT2D eigenvalue weighted by Gasteiger charge is -2.25. The molecule has 0 fully saturated rings. The first-order valence-electron chi connectivity index (χ1n) is 7.16. The molecule has 22 heavy (non-hydrogen) atoms. The number of hydrogen-bond acceptors (Lipinski definition) is 3. The zero-order valence-electron chi connectivity index (χ0n) is 13.0. The second kappa shape index (κ2) is 7.02. The van der Waals surface area contributed by atoms with Crippen LogP contribution in [0.25, 0.3) is 0 Å². The van der Waals surface area contributed by atoms with E-state index >= 15 is 0 Å². The van der Waals surface area contributed by atoms with Crippen molar-refractivity contribution in [2.45, 2.75) is 33.0 Å². The van der Waals surface area contributed by atoms with Crippen molar-refractivity contribution >= 4 is 6.03 Å². The predicted octanol–water partition coefficient (Wildman–Crippen LogP) is 2.34. The maximum atomic E-state index is 13.8. The number of aromatic nitrogens is 3. The lowest BCUT2D eigenvalue weighted by Crippen LogP contribution is -2.39. The molecule has 2 amide bonds. The molecule has 0 aliphatic carbocycles. The molecular weight excluding hydrogens is 285 g/mol. The Bertz CT molecular complexity index is 642. The summed E-state index contributed by atoms with van der Waals surface area (Å²) in [6.45, 7) is 4.77. The maximum Gasteiger partial charge on any atom is 0.318 e. The van der Waals surface area contributed by atoms with Crippen molar-refractivity contribution in [3.63, 3.8) is 0 Å². The smallest absolute Gasteiger partial charge is 0.318 e. The van der Waals surface area contributed by atoms with Gasteiger partial charge in [-0.3, -0.25) is 0 Å². The Labute approximate surface area is 129 Å². The summed E-state index contributed by atoms with van der Waals surface area (Å²) in [6, 6.07) is 5.79. The summed E-state index contributed by atoms with van der Waals surface area (Å²) < 4.78 is 15.6. The number of aryl methyl sites for hydroxylation is 1. The van der Waals surface area contributed by atoms with Crippen molar-refractivity contribution in [3.8, 4) is 0 Å². The van der Waals surface area contributed by atoms with Gasteiger partial charge in [0.15, 0.2) is 5.82 Å². The summed E-state index contributed by atoms with van der Waals surface area (Å²) >= 11 is 0. The number of amides is 2. The van der Waals surface area contributed by atoms with Gasteiger partial charge in [-0.1, -0.05) is 18.2 Å². The largest absolute Gasteiger partial charge is 0.331 e. The third-order valence-electron chi connectivity index (χ3n) is 3.69. The summed E-state index contributed by atoms with van der Waals surface area (Å²) in [5, 5.41) is 10.5. The van der Waals surface area contributed by atoms with Crippen LogP contribution in [0.3, 0.4) is 0 Å². The Balaban J connectivity index is 1.99. The number of halogens is 1. The van der Waals surface area contributed by atoms with Crippen LogP contribution in [0.2, 0.25) is 0 Å². The molecule has 1 aromatic heterocycles. The summed E-state index contributed by atoms with van der Waals surface area (Å²) in [6.07, 6.45) is 1.62. The van der Waals surface area contributed by atoms with Crippen molar-refractivity contribution in [1.29, 1.82) is 0 Å². The quantitative estimate of drug-likeness (QED) is 0.922. The highest BCUT2D eigenvalue weighted by molar-refractivity contribution is 5.74. The molecule has 2 aromatic rings. The van der Waals surface area contributed by atoms with Crippen LogP contribution in [0.15, 0.2) is 30.6 Å². The van der Waals surface area contributed by atoms with Crippen LogP contribution in [-0.2, 0) is 13.1 Å². The molecule has 2 rings (SSSR count). The number of benzene rings is 1. The first-order chi connectivity index (χ1) is 10.5. The van der Waals surface area contributed by atoms with E-state index in [4.69, 9.17) is 0 Å². The molecule has 1 unspecified atom stereocenters. The molecule has 1 N–H and O–H groups in total. The Morgan fingerprint density at radius 2 is 2.18 bits per heavy atom. The minimum Gasteiger partial charge on any atom is -0.331 e. The number of hydrogen-bond donors (Lipinski definition) is 1. The SMILES string of the molecule is CCn1cnnc1CNC(=O)N(C)C(C)c1ccccc1F. The number of nitrogens with one attached hydrogen (secondary N) is 1. The second-order valence-corrected chi connectivity index (χ2v) is 5.00. The number of nitrogens with zero attached hydrogens (tertiary/aromatic N) is 4. The Hall–Kier alpha value is -2.44. The molecule has 0 saturated carbocycles. The molecule has 1 aromatic carbocycles. The first kappa shape index (κ1) is 15.9. The molecule has 1 heterocycles. The zero-order valence-corrected chi connectivity index (χ0v) is 13.0. The highest BCUT2D eigenvalue weighted by Gasteiger charge is 2.20. The average molecular weight is 305 g/mol. The van der Waals surface area contributed by atoms with Gasteiger partial charge < -0.3 is 14.8 Å². The fraction of sp³-hybridized carbons (Fsp3) is 0.400. The van der Waals surface area contributed by atoms with Crippen LogP contribution in [0.4, 0.5) is 9.18 Å². The molecule has 118 valence electrons. The van der Waals surface area contributed by atoms with E-state index < -0.39 is 0 Å². The fourth-order valence-corrected chi connectivity index (χ4v) is 2.16. The highest BCUT2D eigenvalue weighted by Crippen LogP contribution is 2.21. The van der Waals surface area contributed by atoms with Gasteiger partial charge in [-0.2, -0.15) is 0 Å². The minimum atomic E-state index is -0.370. The van der Waals surface area contributed by atoms with Crippen molar-refractivity contribution in [3.05, 3.63) is 47.8 Å². The first-order valence-corrected chi connectivity index (χ1v) is 7.16. The summed E-state index contributed by atoms with van der Waals surface area (Å²) in [7, 11) is 1.64. The molecule has 0 radical (unpaired) electrons. The van der Waals surface area contributed by atoms with Crippen molar-refractivity contribution < 1.29 is 9.18 Å². The van der Waals surface area contributed by atoms with Gasteiger partial charge in [-0.15, -0.1) is 10.2 Å². The molecule has 0 bridgehead atoms. The van der Waals surface area contributed by atoms with E-state index in [1.807, 2.05) is 11.5 Å². The Morgan fingerprint density at radius 1 is 1.45 bits per heavy atom. The van der Waals surface area contributed by atoms with Gasteiger partial charge in [0.1, 0.15) is 12.1 Å². The molecule has 0 saturated heterocycles. The number of rotatable bonds is 5. The molecule has 1 atom stereocenters. The van der Waals surface area contributed by atoms with Crippen LogP contribution < -0.4 is 5.32 Å². The number of urea groups is 1. The number of carbonyl (C=O) groups excluding carboxylic acids is 1. The Morgan fingerprint density at radius 3 is 2.86 bits per heavy atom. The van der Waals surface area contributed by atoms with E-state index in [1.165, 1.54) is 11.0 Å². The van der Waals surface area contributed by atoms with Crippen LogP contribution in [0, 0.1) is 5.82 Å². The minimum absolute atomic E-state index is 0.279. The fourth-order valence-electron chi connectivity index (χ4n) is 2.16. The molecule has 0 spiro atoms. The summed E-state index contributed by atoms with van der Waals surface area (Å²) in [5.41, 5.74) is 0.483. The topological polar surface area (TPSA) is 63.1 Å². The van der Waals surface area contributed by atoms with Crippen LogP contribution in [0.5, 0.6) is 0 Å². The third-order valence-corrected chi connectivity index (χ3v) is 3.69. The normalized spacial score (nSPS) is 12.0. The molecule has 6 nitrogen and oxygen atoms in total. The van der Waals surface area contributed by atoms with Gasteiger partial charge in [-0.05, 0) is 19.9 Å². The molecule has 7 heteroatoms. The van der Waals surface area contributed by atoms with Crippen LogP contribution >= 0.6 is 0 Å². The molecule has 0 aliphatic rings. The zero-order chi connectivity index (χ0) is 16.1. The van der Waals surface area contributed by atoms with Gasteiger partial charge in [0.2, 0.25) is 0 Å². The van der Waals surface area contributed by atoms with Gasteiger partial charge in [0, 0.05) is 19.2 Å². The van der Waals surface area contributed by atoms with E-state index in [1.54, 1.807) is 38.5 Å². The highest BCUT2D eigenvalue weighted by atomic mass is 19.1. The second-order valence-electron chi connectivity index (χ2n) is 5.00. The van der Waals surface area contributed by atoms with Crippen molar-refractivity contribution in [1.82, 2.24) is 25.0 Å². The standard InChI is InChI=1S/C15H20FN5O/c1-4-21-10-18-19-14(21)9-17-15(22)20(3)11(2)12-7-5-6-8-13(12)16/h5-8,10-11H,4,9H2,1-3H3,(H,17,22). The number of carbonyl (C=O) groups is 1. The van der Waals surface area contributed by atoms with Crippen LogP contribution in [-0.4, -0.2) is 32.7 Å². The van der Waals surface area contributed by atoms with Crippen molar-refractivity contribution in [2.24, 2.45) is 0 Å². The lowest BCUT2D eigenvalue weighted by atomic mass is 10.1. The molecule has 0 aliphatic heterocycles. The maximum absolute atomic E-state index is 13.8. The van der Waals surface area contributed by atoms with Gasteiger partial charge in [0.25, 0.3) is 0 Å². The predicted molar refractivity (Wildman–Crippen MR) is 80.5 cm³/mol. The monoisotopic (exact) mass is 305 g/mol. The van der Waals surface area contributed by atoms with E-state index in [0.717, 1.165) is 6.54 Å².